The molecule has 0 radical (unpaired) electrons. The Kier molecular flexibility index (Phi) is 5.31. The van der Waals surface area contributed by atoms with E-state index in [1.54, 1.807) is 6.20 Å². The van der Waals surface area contributed by atoms with E-state index in [9.17, 15) is 4.79 Å². The lowest BCUT2D eigenvalue weighted by Gasteiger charge is -2.26. The first-order valence-electron chi connectivity index (χ1n) is 9.04. The number of carbonyl (C=O) groups excluding carboxylic acids is 1. The average molecular weight is 338 g/mol. The van der Waals surface area contributed by atoms with Crippen molar-refractivity contribution in [2.24, 2.45) is 0 Å². The van der Waals surface area contributed by atoms with Gasteiger partial charge in [0, 0.05) is 25.0 Å². The molecule has 25 heavy (non-hydrogen) atoms. The molecule has 1 aliphatic heterocycles. The Balaban J connectivity index is 1.71. The Hall–Kier alpha value is -2.43. The number of amides is 1. The van der Waals surface area contributed by atoms with Crippen molar-refractivity contribution in [1.82, 2.24) is 9.97 Å². The highest BCUT2D eigenvalue weighted by molar-refractivity contribution is 6.04. The second-order valence-corrected chi connectivity index (χ2v) is 6.95. The Morgan fingerprint density at radius 2 is 1.80 bits per heavy atom. The van der Waals surface area contributed by atoms with E-state index in [-0.39, 0.29) is 5.91 Å². The van der Waals surface area contributed by atoms with Gasteiger partial charge >= 0.3 is 0 Å². The molecule has 3 rings (SSSR count). The van der Waals surface area contributed by atoms with Gasteiger partial charge in [-0.05, 0) is 49.8 Å². The van der Waals surface area contributed by atoms with Gasteiger partial charge in [0.25, 0.3) is 5.91 Å². The van der Waals surface area contributed by atoms with Crippen LogP contribution in [0.15, 0.2) is 30.5 Å². The fraction of sp³-hybridized carbons (Fsp3) is 0.450. The van der Waals surface area contributed by atoms with Crippen LogP contribution in [0.1, 0.15) is 60.6 Å². The molecule has 0 saturated carbocycles. The van der Waals surface area contributed by atoms with Crippen LogP contribution in [0.2, 0.25) is 0 Å². The molecule has 1 saturated heterocycles. The maximum Gasteiger partial charge on any atom is 0.259 e. The van der Waals surface area contributed by atoms with Crippen LogP contribution in [0.25, 0.3) is 0 Å². The highest BCUT2D eigenvalue weighted by Gasteiger charge is 2.17. The molecule has 0 aliphatic carbocycles. The second-order valence-electron chi connectivity index (χ2n) is 6.95. The first-order chi connectivity index (χ1) is 12.0. The normalized spacial score (nSPS) is 14.6. The highest BCUT2D eigenvalue weighted by atomic mass is 16.1. The van der Waals surface area contributed by atoms with Crippen molar-refractivity contribution in [1.29, 1.82) is 0 Å². The van der Waals surface area contributed by atoms with Gasteiger partial charge in [0.05, 0.1) is 11.3 Å². The van der Waals surface area contributed by atoms with E-state index < -0.39 is 0 Å². The van der Waals surface area contributed by atoms with Gasteiger partial charge in [0.2, 0.25) is 5.95 Å². The molecule has 1 aromatic carbocycles. The van der Waals surface area contributed by atoms with Crippen LogP contribution in [0.3, 0.4) is 0 Å². The van der Waals surface area contributed by atoms with Crippen molar-refractivity contribution in [2.75, 3.05) is 23.3 Å². The fourth-order valence-corrected chi connectivity index (χ4v) is 3.07. The number of aromatic nitrogens is 2. The Morgan fingerprint density at radius 1 is 1.12 bits per heavy atom. The number of nitrogens with zero attached hydrogens (tertiary/aromatic N) is 3. The molecule has 2 heterocycles. The summed E-state index contributed by atoms with van der Waals surface area (Å²) in [5.74, 6) is 1.04. The molecule has 1 aliphatic rings. The number of benzene rings is 1. The lowest BCUT2D eigenvalue weighted by Crippen LogP contribution is -2.31. The predicted molar refractivity (Wildman–Crippen MR) is 101 cm³/mol. The molecular formula is C20H26N4O. The topological polar surface area (TPSA) is 58.1 Å². The monoisotopic (exact) mass is 338 g/mol. The lowest BCUT2D eigenvalue weighted by molar-refractivity contribution is 0.102. The van der Waals surface area contributed by atoms with Gasteiger partial charge in [-0.1, -0.05) is 26.0 Å². The summed E-state index contributed by atoms with van der Waals surface area (Å²) in [4.78, 5) is 23.7. The molecule has 2 aromatic rings. The number of hydrogen-bond donors (Lipinski definition) is 1. The fourth-order valence-electron chi connectivity index (χ4n) is 3.07. The summed E-state index contributed by atoms with van der Waals surface area (Å²) in [6, 6.07) is 7.96. The van der Waals surface area contributed by atoms with Crippen molar-refractivity contribution in [3.63, 3.8) is 0 Å². The van der Waals surface area contributed by atoms with E-state index in [1.807, 2.05) is 31.2 Å². The number of aryl methyl sites for hydroxylation is 1. The largest absolute Gasteiger partial charge is 0.341 e. The minimum absolute atomic E-state index is 0.167. The molecule has 132 valence electrons. The maximum absolute atomic E-state index is 12.5. The van der Waals surface area contributed by atoms with E-state index in [0.717, 1.165) is 24.7 Å². The van der Waals surface area contributed by atoms with Gasteiger partial charge in [-0.15, -0.1) is 0 Å². The van der Waals surface area contributed by atoms with Crippen molar-refractivity contribution in [2.45, 2.75) is 46.0 Å². The number of hydrogen-bond acceptors (Lipinski definition) is 4. The summed E-state index contributed by atoms with van der Waals surface area (Å²) < 4.78 is 0. The first kappa shape index (κ1) is 17.4. The van der Waals surface area contributed by atoms with Crippen LogP contribution in [0, 0.1) is 6.92 Å². The third kappa shape index (κ3) is 4.16. The molecule has 5 nitrogen and oxygen atoms in total. The standard InChI is InChI=1S/C20H26N4O/c1-14(2)16-7-9-17(10-8-16)23-19(25)18-13-21-20(22-15(18)3)24-11-5-4-6-12-24/h7-10,13-14H,4-6,11-12H2,1-3H3,(H,23,25). The SMILES string of the molecule is Cc1nc(N2CCCCC2)ncc1C(=O)Nc1ccc(C(C)C)cc1. The number of carbonyl (C=O) groups is 1. The Bertz CT molecular complexity index is 734. The quantitative estimate of drug-likeness (QED) is 0.910. The van der Waals surface area contributed by atoms with Gasteiger partial charge < -0.3 is 10.2 Å². The molecule has 0 atom stereocenters. The van der Waals surface area contributed by atoms with Crippen LogP contribution in [-0.2, 0) is 0 Å². The number of anilines is 2. The van der Waals surface area contributed by atoms with E-state index in [2.05, 4.69) is 34.0 Å². The molecule has 1 N–H and O–H groups in total. The van der Waals surface area contributed by atoms with Crippen molar-refractivity contribution in [3.05, 3.63) is 47.3 Å². The molecule has 0 bridgehead atoms. The number of rotatable bonds is 4. The van der Waals surface area contributed by atoms with Crippen molar-refractivity contribution >= 4 is 17.5 Å². The van der Waals surface area contributed by atoms with Crippen LogP contribution >= 0.6 is 0 Å². The molecule has 0 unspecified atom stereocenters. The van der Waals surface area contributed by atoms with Gasteiger partial charge in [0.15, 0.2) is 0 Å². The zero-order valence-electron chi connectivity index (χ0n) is 15.2. The highest BCUT2D eigenvalue weighted by Crippen LogP contribution is 2.19. The summed E-state index contributed by atoms with van der Waals surface area (Å²) >= 11 is 0. The van der Waals surface area contributed by atoms with Crippen molar-refractivity contribution < 1.29 is 4.79 Å². The summed E-state index contributed by atoms with van der Waals surface area (Å²) in [5, 5.41) is 2.93. The van der Waals surface area contributed by atoms with Gasteiger partial charge in [-0.25, -0.2) is 9.97 Å². The zero-order valence-corrected chi connectivity index (χ0v) is 15.2. The van der Waals surface area contributed by atoms with E-state index >= 15 is 0 Å². The summed E-state index contributed by atoms with van der Waals surface area (Å²) in [6.07, 6.45) is 5.27. The first-order valence-corrected chi connectivity index (χ1v) is 9.04. The summed E-state index contributed by atoms with van der Waals surface area (Å²) in [7, 11) is 0. The molecule has 1 fully saturated rings. The minimum Gasteiger partial charge on any atom is -0.341 e. The summed E-state index contributed by atoms with van der Waals surface area (Å²) in [5.41, 5.74) is 3.28. The predicted octanol–water partition coefficient (Wildman–Crippen LogP) is 4.15. The molecule has 0 spiro atoms. The van der Waals surface area contributed by atoms with E-state index in [4.69, 9.17) is 0 Å². The molecule has 5 heteroatoms. The minimum atomic E-state index is -0.167. The van der Waals surface area contributed by atoms with Crippen LogP contribution < -0.4 is 10.2 Å². The Morgan fingerprint density at radius 3 is 2.40 bits per heavy atom. The van der Waals surface area contributed by atoms with E-state index in [1.165, 1.54) is 24.8 Å². The van der Waals surface area contributed by atoms with Gasteiger partial charge in [-0.3, -0.25) is 4.79 Å². The van der Waals surface area contributed by atoms with E-state index in [0.29, 0.717) is 17.2 Å². The number of piperidine rings is 1. The van der Waals surface area contributed by atoms with Crippen LogP contribution in [0.4, 0.5) is 11.6 Å². The van der Waals surface area contributed by atoms with Crippen molar-refractivity contribution in [3.8, 4) is 0 Å². The van der Waals surface area contributed by atoms with Crippen LogP contribution in [0.5, 0.6) is 0 Å². The molecule has 1 amide bonds. The summed E-state index contributed by atoms with van der Waals surface area (Å²) in [6.45, 7) is 8.16. The second kappa shape index (κ2) is 7.64. The van der Waals surface area contributed by atoms with Crippen LogP contribution in [-0.4, -0.2) is 29.0 Å². The molecular weight excluding hydrogens is 312 g/mol. The maximum atomic E-state index is 12.5. The smallest absolute Gasteiger partial charge is 0.259 e. The third-order valence-electron chi connectivity index (χ3n) is 4.69. The average Bonchev–Trinajstić information content (AvgIpc) is 2.62. The van der Waals surface area contributed by atoms with Gasteiger partial charge in [0.1, 0.15) is 0 Å². The lowest BCUT2D eigenvalue weighted by atomic mass is 10.0. The zero-order chi connectivity index (χ0) is 17.8. The van der Waals surface area contributed by atoms with Gasteiger partial charge in [-0.2, -0.15) is 0 Å². The third-order valence-corrected chi connectivity index (χ3v) is 4.69. The number of nitrogens with one attached hydrogen (secondary N) is 1. The molecule has 1 aromatic heterocycles. The Labute approximate surface area is 149 Å².